The molecular weight excluding hydrogens is 444 g/mol. The molecule has 36 heavy (non-hydrogen) atoms. The van der Waals surface area contributed by atoms with Crippen LogP contribution in [0.4, 0.5) is 11.4 Å². The summed E-state index contributed by atoms with van der Waals surface area (Å²) >= 11 is 0. The van der Waals surface area contributed by atoms with Crippen LogP contribution in [0.15, 0.2) is 108 Å². The van der Waals surface area contributed by atoms with Crippen molar-refractivity contribution in [1.82, 2.24) is 0 Å². The monoisotopic (exact) mass is 472 g/mol. The Morgan fingerprint density at radius 3 is 2.08 bits per heavy atom. The highest BCUT2D eigenvalue weighted by molar-refractivity contribution is 6.55. The fourth-order valence-corrected chi connectivity index (χ4v) is 5.87. The molecule has 178 valence electrons. The summed E-state index contributed by atoms with van der Waals surface area (Å²) in [7, 11) is 0. The van der Waals surface area contributed by atoms with Gasteiger partial charge in [-0.2, -0.15) is 0 Å². The average molecular weight is 473 g/mol. The highest BCUT2D eigenvalue weighted by atomic mass is 16.5. The van der Waals surface area contributed by atoms with Gasteiger partial charge in [0.1, 0.15) is 17.2 Å². The minimum absolute atomic E-state index is 0.0397. The number of benzene rings is 4. The third-order valence-electron chi connectivity index (χ3n) is 7.37. The fraction of sp³-hybridized carbons (Fsp3) is 0.188. The van der Waals surface area contributed by atoms with E-state index in [-0.39, 0.29) is 16.9 Å². The third-order valence-corrected chi connectivity index (χ3v) is 7.37. The Bertz CT molecular complexity index is 1470. The van der Waals surface area contributed by atoms with Crippen molar-refractivity contribution in [3.05, 3.63) is 120 Å². The maximum absolute atomic E-state index is 13.8. The maximum atomic E-state index is 13.8. The highest BCUT2D eigenvalue weighted by Gasteiger charge is 2.52. The molecule has 1 atom stereocenters. The summed E-state index contributed by atoms with van der Waals surface area (Å²) in [6.07, 6.45) is 0.824. The molecule has 0 aliphatic carbocycles. The summed E-state index contributed by atoms with van der Waals surface area (Å²) in [5.74, 6) is 1.47. The molecule has 0 saturated heterocycles. The SMILES string of the molecule is CC1(C)C[C@@](C)(c2ccccc2)c2cccc3c2N1C(=O)C3=Nc1ccc(Oc2ccccc2)cc1. The van der Waals surface area contributed by atoms with Gasteiger partial charge in [0, 0.05) is 16.5 Å². The molecule has 0 saturated carbocycles. The van der Waals surface area contributed by atoms with Crippen LogP contribution in [-0.2, 0) is 10.2 Å². The number of nitrogens with zero attached hydrogens (tertiary/aromatic N) is 2. The molecule has 6 rings (SSSR count). The molecule has 4 aromatic carbocycles. The van der Waals surface area contributed by atoms with Crippen molar-refractivity contribution in [2.24, 2.45) is 4.99 Å². The largest absolute Gasteiger partial charge is 0.457 e. The topological polar surface area (TPSA) is 41.9 Å². The molecular formula is C32H28N2O2. The lowest BCUT2D eigenvalue weighted by atomic mass is 9.65. The molecule has 4 nitrogen and oxygen atoms in total. The molecule has 0 radical (unpaired) electrons. The summed E-state index contributed by atoms with van der Waals surface area (Å²) in [5.41, 5.74) is 4.97. The zero-order valence-electron chi connectivity index (χ0n) is 20.7. The van der Waals surface area contributed by atoms with Gasteiger partial charge in [-0.25, -0.2) is 4.99 Å². The van der Waals surface area contributed by atoms with Crippen LogP contribution in [0.5, 0.6) is 11.5 Å². The predicted octanol–water partition coefficient (Wildman–Crippen LogP) is 7.43. The lowest BCUT2D eigenvalue weighted by Crippen LogP contribution is -2.54. The van der Waals surface area contributed by atoms with E-state index < -0.39 is 0 Å². The second-order valence-corrected chi connectivity index (χ2v) is 10.4. The zero-order chi connectivity index (χ0) is 24.9. The van der Waals surface area contributed by atoms with Crippen molar-refractivity contribution in [1.29, 1.82) is 0 Å². The quantitative estimate of drug-likeness (QED) is 0.310. The van der Waals surface area contributed by atoms with Crippen LogP contribution in [0, 0.1) is 0 Å². The normalized spacial score (nSPS) is 20.9. The maximum Gasteiger partial charge on any atom is 0.278 e. The van der Waals surface area contributed by atoms with E-state index in [9.17, 15) is 4.79 Å². The van der Waals surface area contributed by atoms with Crippen molar-refractivity contribution in [2.45, 2.75) is 38.1 Å². The van der Waals surface area contributed by atoms with E-state index in [4.69, 9.17) is 9.73 Å². The Hall–Kier alpha value is -4.18. The minimum atomic E-state index is -0.366. The number of hydrogen-bond donors (Lipinski definition) is 0. The van der Waals surface area contributed by atoms with Gasteiger partial charge < -0.3 is 9.64 Å². The molecule has 1 amide bonds. The van der Waals surface area contributed by atoms with Crippen LogP contribution in [0.25, 0.3) is 0 Å². The lowest BCUT2D eigenvalue weighted by molar-refractivity contribution is -0.113. The van der Waals surface area contributed by atoms with E-state index in [0.717, 1.165) is 34.9 Å². The van der Waals surface area contributed by atoms with E-state index in [0.29, 0.717) is 5.71 Å². The number of carbonyl (C=O) groups is 1. The van der Waals surface area contributed by atoms with E-state index in [1.807, 2.05) is 71.6 Å². The Morgan fingerprint density at radius 2 is 1.39 bits per heavy atom. The minimum Gasteiger partial charge on any atom is -0.457 e. The van der Waals surface area contributed by atoms with Gasteiger partial charge in [0.15, 0.2) is 0 Å². The average Bonchev–Trinajstić information content (AvgIpc) is 3.17. The van der Waals surface area contributed by atoms with Gasteiger partial charge in [-0.1, -0.05) is 73.7 Å². The molecule has 4 heteroatoms. The molecule has 0 aromatic heterocycles. The second kappa shape index (κ2) is 8.20. The van der Waals surface area contributed by atoms with Gasteiger partial charge in [-0.3, -0.25) is 4.79 Å². The Kier molecular flexibility index (Phi) is 5.08. The highest BCUT2D eigenvalue weighted by Crippen LogP contribution is 2.54. The summed E-state index contributed by atoms with van der Waals surface area (Å²) in [6, 6.07) is 34.1. The number of ether oxygens (including phenoxy) is 1. The summed E-state index contributed by atoms with van der Waals surface area (Å²) in [4.78, 5) is 20.6. The first-order valence-electron chi connectivity index (χ1n) is 12.3. The fourth-order valence-electron chi connectivity index (χ4n) is 5.87. The van der Waals surface area contributed by atoms with E-state index >= 15 is 0 Å². The number of anilines is 1. The van der Waals surface area contributed by atoms with Crippen molar-refractivity contribution in [3.63, 3.8) is 0 Å². The standard InChI is InChI=1S/C32H28N2O2/c1-31(2)21-32(3,22-11-6-4-7-12-22)27-16-10-15-26-28(30(35)34(31)29(26)27)33-23-17-19-25(20-18-23)36-24-13-8-5-9-14-24/h4-20H,21H2,1-3H3/t32-/m0/s1. The Morgan fingerprint density at radius 1 is 0.750 bits per heavy atom. The first kappa shape index (κ1) is 22.3. The summed E-state index contributed by atoms with van der Waals surface area (Å²) in [5, 5.41) is 0. The van der Waals surface area contributed by atoms with E-state index in [1.165, 1.54) is 11.1 Å². The number of para-hydroxylation sites is 2. The molecule has 0 unspecified atom stereocenters. The number of aliphatic imine (C=N–C) groups is 1. The van der Waals surface area contributed by atoms with Crippen molar-refractivity contribution < 1.29 is 9.53 Å². The molecule has 2 aliphatic rings. The first-order chi connectivity index (χ1) is 17.4. The van der Waals surface area contributed by atoms with Crippen LogP contribution < -0.4 is 9.64 Å². The predicted molar refractivity (Wildman–Crippen MR) is 145 cm³/mol. The van der Waals surface area contributed by atoms with Gasteiger partial charge in [0.25, 0.3) is 5.91 Å². The van der Waals surface area contributed by atoms with Crippen LogP contribution >= 0.6 is 0 Å². The molecule has 2 aliphatic heterocycles. The summed E-state index contributed by atoms with van der Waals surface area (Å²) in [6.45, 7) is 6.61. The van der Waals surface area contributed by atoms with Gasteiger partial charge in [-0.05, 0) is 67.8 Å². The van der Waals surface area contributed by atoms with E-state index in [1.54, 1.807) is 0 Å². The number of carbonyl (C=O) groups excluding carboxylic acids is 1. The van der Waals surface area contributed by atoms with Crippen molar-refractivity contribution >= 4 is 23.0 Å². The summed E-state index contributed by atoms with van der Waals surface area (Å²) < 4.78 is 5.91. The van der Waals surface area contributed by atoms with Gasteiger partial charge in [-0.15, -0.1) is 0 Å². The van der Waals surface area contributed by atoms with Crippen LogP contribution in [0.1, 0.15) is 43.9 Å². The number of hydrogen-bond acceptors (Lipinski definition) is 3. The molecule has 2 heterocycles. The molecule has 0 spiro atoms. The smallest absolute Gasteiger partial charge is 0.278 e. The lowest BCUT2D eigenvalue weighted by Gasteiger charge is -2.49. The molecule has 0 N–H and O–H groups in total. The second-order valence-electron chi connectivity index (χ2n) is 10.4. The van der Waals surface area contributed by atoms with Gasteiger partial charge in [0.2, 0.25) is 0 Å². The van der Waals surface area contributed by atoms with Crippen LogP contribution in [0.3, 0.4) is 0 Å². The molecule has 0 bridgehead atoms. The third kappa shape index (κ3) is 3.53. The molecule has 4 aromatic rings. The Balaban J connectivity index is 1.41. The zero-order valence-corrected chi connectivity index (χ0v) is 20.7. The van der Waals surface area contributed by atoms with Crippen molar-refractivity contribution in [2.75, 3.05) is 4.90 Å². The van der Waals surface area contributed by atoms with Gasteiger partial charge in [0.05, 0.1) is 11.4 Å². The van der Waals surface area contributed by atoms with Crippen LogP contribution in [-0.4, -0.2) is 17.2 Å². The molecule has 0 fully saturated rings. The van der Waals surface area contributed by atoms with Gasteiger partial charge >= 0.3 is 0 Å². The number of rotatable bonds is 4. The van der Waals surface area contributed by atoms with Crippen molar-refractivity contribution in [3.8, 4) is 11.5 Å². The first-order valence-corrected chi connectivity index (χ1v) is 12.3. The van der Waals surface area contributed by atoms with E-state index in [2.05, 4.69) is 57.2 Å². The van der Waals surface area contributed by atoms with Crippen LogP contribution in [0.2, 0.25) is 0 Å². The Labute approximate surface area is 211 Å². The number of amides is 1.